The van der Waals surface area contributed by atoms with Gasteiger partial charge in [-0.05, 0) is 33.1 Å². The van der Waals surface area contributed by atoms with Crippen molar-refractivity contribution in [2.75, 3.05) is 32.7 Å². The van der Waals surface area contributed by atoms with Crippen LogP contribution in [-0.2, 0) is 11.3 Å². The molecule has 5 nitrogen and oxygen atoms in total. The van der Waals surface area contributed by atoms with Gasteiger partial charge in [-0.3, -0.25) is 4.79 Å². The quantitative estimate of drug-likeness (QED) is 0.479. The minimum Gasteiger partial charge on any atom is -0.346 e. The van der Waals surface area contributed by atoms with Gasteiger partial charge in [-0.2, -0.15) is 0 Å². The summed E-state index contributed by atoms with van der Waals surface area (Å²) in [6, 6.07) is 0. The molecule has 0 unspecified atom stereocenters. The van der Waals surface area contributed by atoms with Crippen LogP contribution in [0.1, 0.15) is 92.6 Å². The molecule has 1 aromatic rings. The summed E-state index contributed by atoms with van der Waals surface area (Å²) in [7, 11) is 0. The number of nitrogens with two attached hydrogens (primary N) is 2. The number of carbonyl (C=O) groups excluding carboxylic acids is 1. The van der Waals surface area contributed by atoms with Crippen LogP contribution in [0.3, 0.4) is 0 Å². The zero-order valence-electron chi connectivity index (χ0n) is 22.3. The van der Waals surface area contributed by atoms with E-state index in [1.54, 1.807) is 4.88 Å². The Bertz CT molecular complexity index is 638. The fourth-order valence-corrected chi connectivity index (χ4v) is 5.41. The molecule has 1 aromatic heterocycles. The molecule has 1 amide bonds. The summed E-state index contributed by atoms with van der Waals surface area (Å²) in [5, 5.41) is 5.99. The lowest BCUT2D eigenvalue weighted by Crippen LogP contribution is -2.82. The van der Waals surface area contributed by atoms with Crippen molar-refractivity contribution in [1.29, 1.82) is 0 Å². The number of piperidine rings is 1. The minimum absolute atomic E-state index is 0.774. The molecule has 3 aliphatic rings. The number of nitrogens with zero attached hydrogens (tertiary/aromatic N) is 2. The third-order valence-corrected chi connectivity index (χ3v) is 7.22. The van der Waals surface area contributed by atoms with Gasteiger partial charge >= 0.3 is 0 Å². The lowest BCUT2D eigenvalue weighted by Gasteiger charge is -2.21. The van der Waals surface area contributed by atoms with Gasteiger partial charge in [0.15, 0.2) is 0 Å². The minimum atomic E-state index is 0.774. The van der Waals surface area contributed by atoms with Crippen molar-refractivity contribution in [2.45, 2.75) is 90.5 Å². The lowest BCUT2D eigenvalue weighted by atomic mass is 10.0. The molecule has 0 spiro atoms. The van der Waals surface area contributed by atoms with E-state index in [2.05, 4.69) is 68.0 Å². The van der Waals surface area contributed by atoms with Crippen molar-refractivity contribution >= 4 is 17.7 Å². The van der Waals surface area contributed by atoms with Gasteiger partial charge in [-0.15, -0.1) is 49.9 Å². The van der Waals surface area contributed by atoms with E-state index in [-0.39, 0.29) is 0 Å². The van der Waals surface area contributed by atoms with Crippen molar-refractivity contribution in [2.24, 2.45) is 0 Å². The fourth-order valence-electron chi connectivity index (χ4n) is 4.31. The molecule has 196 valence electrons. The maximum absolute atomic E-state index is 10.1. The smallest absolute Gasteiger partial charge is 0.209 e. The normalized spacial score (nSPS) is 18.1. The van der Waals surface area contributed by atoms with Crippen molar-refractivity contribution < 1.29 is 15.4 Å². The number of likely N-dealkylation sites (tertiary alicyclic amines) is 1. The Morgan fingerprint density at radius 3 is 1.89 bits per heavy atom. The molecular formula is C29H50N4OS+2. The SMILES string of the molecule is C#C.C#C.C#C.C1CCCCC1.CC[NH2+]Cc1nc(C)sc1[C@H]1CC[NH2+]C1.O=CN1CCCCC1. The highest BCUT2D eigenvalue weighted by molar-refractivity contribution is 7.11. The van der Waals surface area contributed by atoms with E-state index in [1.807, 2.05) is 16.2 Å². The third-order valence-electron chi connectivity index (χ3n) is 6.04. The van der Waals surface area contributed by atoms with Crippen molar-refractivity contribution in [1.82, 2.24) is 9.88 Å². The van der Waals surface area contributed by atoms with Crippen LogP contribution in [0.2, 0.25) is 0 Å². The second-order valence-electron chi connectivity index (χ2n) is 8.57. The number of terminal acetylenes is 3. The van der Waals surface area contributed by atoms with E-state index in [0.717, 1.165) is 38.5 Å². The standard InChI is InChI=1S/C11H19N3S.C6H11NO.C6H12.3C2H2/c1-3-12-7-10-11(15-8(2)14-10)9-4-5-13-6-9;8-6-7-4-2-1-3-5-7;1-2-4-6-5-3-1;3*1-2/h9,12-13H,3-7H2,1-2H3;6H,1-5H2;1-6H2;3*1-2H/p+2/t9-;;;;;/m0...../s1. The first-order chi connectivity index (χ1) is 17.2. The van der Waals surface area contributed by atoms with Crippen LogP contribution >= 0.6 is 11.3 Å². The molecule has 1 saturated carbocycles. The molecule has 0 aromatic carbocycles. The Labute approximate surface area is 220 Å². The number of hydrogen-bond donors (Lipinski definition) is 2. The van der Waals surface area contributed by atoms with Gasteiger partial charge in [0.2, 0.25) is 6.41 Å². The largest absolute Gasteiger partial charge is 0.346 e. The Balaban J connectivity index is 0. The van der Waals surface area contributed by atoms with E-state index < -0.39 is 0 Å². The first-order valence-corrected chi connectivity index (χ1v) is 13.8. The van der Waals surface area contributed by atoms with Crippen molar-refractivity contribution in [3.8, 4) is 38.5 Å². The molecule has 4 N–H and O–H groups in total. The summed E-state index contributed by atoms with van der Waals surface area (Å²) in [5.41, 5.74) is 1.35. The van der Waals surface area contributed by atoms with E-state index in [9.17, 15) is 4.79 Å². The molecule has 2 saturated heterocycles. The summed E-state index contributed by atoms with van der Waals surface area (Å²) >= 11 is 1.91. The van der Waals surface area contributed by atoms with Gasteiger partial charge in [0.1, 0.15) is 12.2 Å². The average Bonchev–Trinajstić information content (AvgIpc) is 3.63. The highest BCUT2D eigenvalue weighted by atomic mass is 32.1. The van der Waals surface area contributed by atoms with Gasteiger partial charge in [0.25, 0.3) is 0 Å². The number of quaternary nitrogens is 2. The topological polar surface area (TPSA) is 66.4 Å². The van der Waals surface area contributed by atoms with Gasteiger partial charge in [0, 0.05) is 30.3 Å². The molecule has 4 rings (SSSR count). The third kappa shape index (κ3) is 16.9. The predicted molar refractivity (Wildman–Crippen MR) is 151 cm³/mol. The van der Waals surface area contributed by atoms with Crippen LogP contribution < -0.4 is 10.6 Å². The number of aryl methyl sites for hydroxylation is 1. The van der Waals surface area contributed by atoms with Crippen LogP contribution in [0.15, 0.2) is 0 Å². The number of hydrogen-bond acceptors (Lipinski definition) is 3. The van der Waals surface area contributed by atoms with E-state index in [0.29, 0.717) is 0 Å². The van der Waals surface area contributed by atoms with Crippen LogP contribution in [-0.4, -0.2) is 49.0 Å². The molecular weight excluding hydrogens is 452 g/mol. The van der Waals surface area contributed by atoms with Crippen molar-refractivity contribution in [3.63, 3.8) is 0 Å². The van der Waals surface area contributed by atoms with Gasteiger partial charge in [-0.25, -0.2) is 4.98 Å². The Kier molecular flexibility index (Phi) is 26.2. The van der Waals surface area contributed by atoms with Gasteiger partial charge < -0.3 is 15.5 Å². The summed E-state index contributed by atoms with van der Waals surface area (Å²) in [6.07, 6.45) is 39.0. The maximum Gasteiger partial charge on any atom is 0.209 e. The molecule has 1 aliphatic carbocycles. The van der Waals surface area contributed by atoms with Gasteiger partial charge in [-0.1, -0.05) is 38.5 Å². The second-order valence-corrected chi connectivity index (χ2v) is 9.80. The molecule has 2 aliphatic heterocycles. The highest BCUT2D eigenvalue weighted by Crippen LogP contribution is 2.28. The molecule has 3 fully saturated rings. The summed E-state index contributed by atoms with van der Waals surface area (Å²) < 4.78 is 0. The highest BCUT2D eigenvalue weighted by Gasteiger charge is 2.25. The zero-order chi connectivity index (χ0) is 26.7. The Morgan fingerprint density at radius 2 is 1.49 bits per heavy atom. The number of aromatic nitrogens is 1. The average molecular weight is 503 g/mol. The first-order valence-electron chi connectivity index (χ1n) is 13.0. The van der Waals surface area contributed by atoms with E-state index in [1.165, 1.54) is 88.0 Å². The number of amides is 1. The summed E-state index contributed by atoms with van der Waals surface area (Å²) in [4.78, 5) is 18.1. The molecule has 1 atom stereocenters. The summed E-state index contributed by atoms with van der Waals surface area (Å²) in [5.74, 6) is 0.774. The monoisotopic (exact) mass is 502 g/mol. The molecule has 0 bridgehead atoms. The Morgan fingerprint density at radius 1 is 0.971 bits per heavy atom. The second kappa shape index (κ2) is 26.3. The molecule has 0 radical (unpaired) electrons. The first kappa shape index (κ1) is 34.9. The predicted octanol–water partition coefficient (Wildman–Crippen LogP) is 3.30. The lowest BCUT2D eigenvalue weighted by molar-refractivity contribution is -0.668. The van der Waals surface area contributed by atoms with Crippen LogP contribution in [0.4, 0.5) is 0 Å². The summed E-state index contributed by atoms with van der Waals surface area (Å²) in [6.45, 7) is 11.0. The van der Waals surface area contributed by atoms with Crippen molar-refractivity contribution in [3.05, 3.63) is 15.6 Å². The van der Waals surface area contributed by atoms with E-state index in [4.69, 9.17) is 0 Å². The van der Waals surface area contributed by atoms with Gasteiger partial charge in [0.05, 0.1) is 24.6 Å². The van der Waals surface area contributed by atoms with Crippen LogP contribution in [0.25, 0.3) is 0 Å². The number of thiazole rings is 1. The van der Waals surface area contributed by atoms with E-state index >= 15 is 0 Å². The fraction of sp³-hybridized carbons (Fsp3) is 0.655. The molecule has 6 heteroatoms. The van der Waals surface area contributed by atoms with Crippen LogP contribution in [0.5, 0.6) is 0 Å². The number of rotatable bonds is 5. The maximum atomic E-state index is 10.1. The Hall–Kier alpha value is -2.30. The molecule has 35 heavy (non-hydrogen) atoms. The molecule has 3 heterocycles. The number of carbonyl (C=O) groups is 1. The zero-order valence-corrected chi connectivity index (χ0v) is 23.1. The van der Waals surface area contributed by atoms with Crippen LogP contribution in [0, 0.1) is 45.5 Å².